The molecule has 0 unspecified atom stereocenters. The first-order valence-corrected chi connectivity index (χ1v) is 10.3. The fourth-order valence-corrected chi connectivity index (χ4v) is 4.67. The van der Waals surface area contributed by atoms with E-state index in [-0.39, 0.29) is 5.75 Å². The van der Waals surface area contributed by atoms with E-state index in [1.807, 2.05) is 12.1 Å². The Balaban J connectivity index is 1.58. The zero-order valence-corrected chi connectivity index (χ0v) is 15.9. The number of benzene rings is 1. The highest BCUT2D eigenvalue weighted by Gasteiger charge is 2.27. The van der Waals surface area contributed by atoms with Gasteiger partial charge in [-0.2, -0.15) is 4.31 Å². The maximum atomic E-state index is 12.6. The van der Waals surface area contributed by atoms with Gasteiger partial charge in [-0.15, -0.1) is 0 Å². The minimum atomic E-state index is -3.37. The first kappa shape index (κ1) is 18.6. The van der Waals surface area contributed by atoms with Crippen LogP contribution in [0.1, 0.15) is 11.1 Å². The van der Waals surface area contributed by atoms with Crippen LogP contribution in [0.3, 0.4) is 0 Å². The van der Waals surface area contributed by atoms with Crippen molar-refractivity contribution in [1.82, 2.24) is 14.2 Å². The SMILES string of the molecule is O=S(=O)(Cc1ccc(Cl)c(Cl)c1)N1CCN(Cc2ccncc2)CC1. The average molecular weight is 400 g/mol. The van der Waals surface area contributed by atoms with Crippen LogP contribution in [-0.2, 0) is 22.3 Å². The van der Waals surface area contributed by atoms with Crippen LogP contribution in [0, 0.1) is 0 Å². The molecule has 0 radical (unpaired) electrons. The monoisotopic (exact) mass is 399 g/mol. The van der Waals surface area contributed by atoms with E-state index in [1.54, 1.807) is 34.9 Å². The quantitative estimate of drug-likeness (QED) is 0.774. The van der Waals surface area contributed by atoms with E-state index in [1.165, 1.54) is 5.56 Å². The number of hydrogen-bond acceptors (Lipinski definition) is 4. The van der Waals surface area contributed by atoms with Gasteiger partial charge in [-0.05, 0) is 35.4 Å². The zero-order valence-electron chi connectivity index (χ0n) is 13.6. The predicted molar refractivity (Wildman–Crippen MR) is 100 cm³/mol. The van der Waals surface area contributed by atoms with Gasteiger partial charge in [-0.1, -0.05) is 29.3 Å². The Bertz CT molecular complexity index is 823. The van der Waals surface area contributed by atoms with Crippen molar-refractivity contribution in [3.8, 4) is 0 Å². The molecule has 0 aliphatic carbocycles. The maximum absolute atomic E-state index is 12.6. The molecule has 0 saturated carbocycles. The summed E-state index contributed by atoms with van der Waals surface area (Å²) < 4.78 is 26.8. The Morgan fingerprint density at radius 2 is 1.60 bits per heavy atom. The maximum Gasteiger partial charge on any atom is 0.218 e. The molecule has 1 aliphatic heterocycles. The number of rotatable bonds is 5. The van der Waals surface area contributed by atoms with Crippen molar-refractivity contribution in [2.45, 2.75) is 12.3 Å². The highest BCUT2D eigenvalue weighted by atomic mass is 35.5. The molecular weight excluding hydrogens is 381 g/mol. The molecule has 1 fully saturated rings. The Hall–Kier alpha value is -1.18. The first-order valence-electron chi connectivity index (χ1n) is 7.97. The van der Waals surface area contributed by atoms with Gasteiger partial charge in [-0.3, -0.25) is 9.88 Å². The van der Waals surface area contributed by atoms with Crippen LogP contribution in [0.15, 0.2) is 42.7 Å². The third kappa shape index (κ3) is 4.92. The lowest BCUT2D eigenvalue weighted by atomic mass is 10.2. The number of piperazine rings is 1. The molecule has 0 amide bonds. The molecule has 0 spiro atoms. The van der Waals surface area contributed by atoms with Crippen molar-refractivity contribution in [1.29, 1.82) is 0 Å². The van der Waals surface area contributed by atoms with Gasteiger partial charge in [0.15, 0.2) is 0 Å². The summed E-state index contributed by atoms with van der Waals surface area (Å²) in [6, 6.07) is 8.90. The van der Waals surface area contributed by atoms with Crippen LogP contribution in [0.5, 0.6) is 0 Å². The summed E-state index contributed by atoms with van der Waals surface area (Å²) in [5, 5.41) is 0.795. The highest BCUT2D eigenvalue weighted by molar-refractivity contribution is 7.88. The number of aromatic nitrogens is 1. The van der Waals surface area contributed by atoms with Gasteiger partial charge in [0.05, 0.1) is 15.8 Å². The summed E-state index contributed by atoms with van der Waals surface area (Å²) >= 11 is 11.9. The summed E-state index contributed by atoms with van der Waals surface area (Å²) in [5.74, 6) is -0.0613. The third-order valence-electron chi connectivity index (χ3n) is 4.21. The smallest absolute Gasteiger partial charge is 0.218 e. The number of sulfonamides is 1. The van der Waals surface area contributed by atoms with Crippen molar-refractivity contribution in [2.75, 3.05) is 26.2 Å². The molecule has 8 heteroatoms. The van der Waals surface area contributed by atoms with E-state index in [4.69, 9.17) is 23.2 Å². The van der Waals surface area contributed by atoms with Crippen molar-refractivity contribution >= 4 is 33.2 Å². The van der Waals surface area contributed by atoms with Crippen LogP contribution in [-0.4, -0.2) is 48.8 Å². The minimum Gasteiger partial charge on any atom is -0.296 e. The average Bonchev–Trinajstić information content (AvgIpc) is 2.59. The van der Waals surface area contributed by atoms with Gasteiger partial charge < -0.3 is 0 Å². The molecule has 3 rings (SSSR count). The molecule has 0 bridgehead atoms. The minimum absolute atomic E-state index is 0.0613. The molecule has 25 heavy (non-hydrogen) atoms. The van der Waals surface area contributed by atoms with Crippen molar-refractivity contribution in [3.63, 3.8) is 0 Å². The van der Waals surface area contributed by atoms with Crippen LogP contribution < -0.4 is 0 Å². The first-order chi connectivity index (χ1) is 11.9. The molecule has 5 nitrogen and oxygen atoms in total. The van der Waals surface area contributed by atoms with Gasteiger partial charge >= 0.3 is 0 Å². The Morgan fingerprint density at radius 1 is 0.920 bits per heavy atom. The van der Waals surface area contributed by atoms with Crippen LogP contribution in [0.25, 0.3) is 0 Å². The highest BCUT2D eigenvalue weighted by Crippen LogP contribution is 2.24. The van der Waals surface area contributed by atoms with Gasteiger partial charge in [0.2, 0.25) is 10.0 Å². The predicted octanol–water partition coefficient (Wildman–Crippen LogP) is 3.04. The molecule has 2 aromatic rings. The molecule has 0 atom stereocenters. The molecule has 1 aromatic heterocycles. The standard InChI is InChI=1S/C17H19Cl2N3O2S/c18-16-2-1-15(11-17(16)19)13-25(23,24)22-9-7-21(8-10-22)12-14-3-5-20-6-4-14/h1-6,11H,7-10,12-13H2. The van der Waals surface area contributed by atoms with Crippen molar-refractivity contribution in [3.05, 3.63) is 63.9 Å². The second kappa shape index (κ2) is 8.01. The van der Waals surface area contributed by atoms with E-state index in [2.05, 4.69) is 9.88 Å². The van der Waals surface area contributed by atoms with E-state index < -0.39 is 10.0 Å². The van der Waals surface area contributed by atoms with E-state index in [9.17, 15) is 8.42 Å². The summed E-state index contributed by atoms with van der Waals surface area (Å²) in [4.78, 5) is 6.26. The molecule has 0 N–H and O–H groups in total. The summed E-state index contributed by atoms with van der Waals surface area (Å²) in [6.07, 6.45) is 3.54. The van der Waals surface area contributed by atoms with Crippen LogP contribution in [0.2, 0.25) is 10.0 Å². The molecule has 134 valence electrons. The second-order valence-corrected chi connectivity index (χ2v) is 8.82. The lowest BCUT2D eigenvalue weighted by Gasteiger charge is -2.34. The Labute approximate surface area is 158 Å². The van der Waals surface area contributed by atoms with Crippen LogP contribution >= 0.6 is 23.2 Å². The molecule has 2 heterocycles. The van der Waals surface area contributed by atoms with Gasteiger partial charge in [-0.25, -0.2) is 8.42 Å². The number of nitrogens with zero attached hydrogens (tertiary/aromatic N) is 3. The topological polar surface area (TPSA) is 53.5 Å². The molecule has 1 aromatic carbocycles. The fourth-order valence-electron chi connectivity index (χ4n) is 2.84. The fraction of sp³-hybridized carbons (Fsp3) is 0.353. The number of halogens is 2. The van der Waals surface area contributed by atoms with E-state index >= 15 is 0 Å². The lowest BCUT2D eigenvalue weighted by molar-refractivity contribution is 0.181. The number of pyridine rings is 1. The third-order valence-corrected chi connectivity index (χ3v) is 6.80. The van der Waals surface area contributed by atoms with E-state index in [0.717, 1.165) is 6.54 Å². The van der Waals surface area contributed by atoms with Crippen molar-refractivity contribution < 1.29 is 8.42 Å². The van der Waals surface area contributed by atoms with Gasteiger partial charge in [0.1, 0.15) is 0 Å². The van der Waals surface area contributed by atoms with Gasteiger partial charge in [0.25, 0.3) is 0 Å². The molecular formula is C17H19Cl2N3O2S. The van der Waals surface area contributed by atoms with Crippen LogP contribution in [0.4, 0.5) is 0 Å². The lowest BCUT2D eigenvalue weighted by Crippen LogP contribution is -2.48. The van der Waals surface area contributed by atoms with Crippen molar-refractivity contribution in [2.24, 2.45) is 0 Å². The van der Waals surface area contributed by atoms with Gasteiger partial charge in [0, 0.05) is 45.1 Å². The second-order valence-electron chi connectivity index (χ2n) is 6.04. The zero-order chi connectivity index (χ0) is 17.9. The summed E-state index contributed by atoms with van der Waals surface area (Å²) in [6.45, 7) is 3.22. The summed E-state index contributed by atoms with van der Waals surface area (Å²) in [5.41, 5.74) is 1.83. The summed E-state index contributed by atoms with van der Waals surface area (Å²) in [7, 11) is -3.37. The van der Waals surface area contributed by atoms with E-state index in [0.29, 0.717) is 41.8 Å². The Kier molecular flexibility index (Phi) is 5.96. The Morgan fingerprint density at radius 3 is 2.24 bits per heavy atom. The normalized spacial score (nSPS) is 16.9. The molecule has 1 aliphatic rings. The molecule has 1 saturated heterocycles. The largest absolute Gasteiger partial charge is 0.296 e. The number of hydrogen-bond donors (Lipinski definition) is 0.